The van der Waals surface area contributed by atoms with E-state index in [1.54, 1.807) is 0 Å². The molecule has 0 aliphatic heterocycles. The highest BCUT2D eigenvalue weighted by molar-refractivity contribution is 6.54. The molecule has 0 unspecified atom stereocenters. The van der Waals surface area contributed by atoms with Crippen LogP contribution in [0.25, 0.3) is 11.1 Å². The van der Waals surface area contributed by atoms with Gasteiger partial charge in [0.15, 0.2) is 5.58 Å². The Kier molecular flexibility index (Phi) is 2.75. The average Bonchev–Trinajstić information content (AvgIpc) is 2.54. The van der Waals surface area contributed by atoms with Crippen LogP contribution in [0.15, 0.2) is 4.42 Å². The lowest BCUT2D eigenvalue weighted by Gasteiger charge is -2.01. The Labute approximate surface area is 104 Å². The molecule has 0 saturated carbocycles. The fourth-order valence-electron chi connectivity index (χ4n) is 0.988. The summed E-state index contributed by atoms with van der Waals surface area (Å²) in [6.07, 6.45) is 0. The van der Waals surface area contributed by atoms with E-state index in [9.17, 15) is 0 Å². The molecule has 1 aromatic carbocycles. The van der Waals surface area contributed by atoms with E-state index in [4.69, 9.17) is 62.4 Å². The second kappa shape index (κ2) is 3.62. The number of aromatic nitrogens is 1. The van der Waals surface area contributed by atoms with E-state index in [-0.39, 0.29) is 31.0 Å². The van der Waals surface area contributed by atoms with Crippen molar-refractivity contribution < 1.29 is 4.42 Å². The van der Waals surface area contributed by atoms with Gasteiger partial charge in [0.1, 0.15) is 10.5 Å². The highest BCUT2D eigenvalue weighted by atomic mass is 35.5. The van der Waals surface area contributed by atoms with Gasteiger partial charge < -0.3 is 4.42 Å². The summed E-state index contributed by atoms with van der Waals surface area (Å²) in [6, 6.07) is 0. The van der Waals surface area contributed by atoms with E-state index < -0.39 is 0 Å². The predicted octanol–water partition coefficient (Wildman–Crippen LogP) is 5.09. The zero-order chi connectivity index (χ0) is 10.5. The van der Waals surface area contributed by atoms with Crippen molar-refractivity contribution in [3.63, 3.8) is 0 Å². The first-order valence-corrected chi connectivity index (χ1v) is 5.19. The molecule has 0 atom stereocenters. The maximum Gasteiger partial charge on any atom is 0.293 e. The monoisotopic (exact) mass is 289 g/mol. The molecular weight excluding hydrogens is 291 g/mol. The Morgan fingerprint density at radius 1 is 0.786 bits per heavy atom. The molecule has 0 N–H and O–H groups in total. The van der Waals surface area contributed by atoms with Gasteiger partial charge in [0.25, 0.3) is 5.35 Å². The Morgan fingerprint density at radius 3 is 2.00 bits per heavy atom. The van der Waals surface area contributed by atoms with Crippen LogP contribution < -0.4 is 0 Å². The van der Waals surface area contributed by atoms with Gasteiger partial charge in [-0.15, -0.1) is 0 Å². The topological polar surface area (TPSA) is 26.0 Å². The first-order chi connectivity index (χ1) is 6.52. The lowest BCUT2D eigenvalue weighted by molar-refractivity contribution is 0.604. The minimum absolute atomic E-state index is 0.0675. The Balaban J connectivity index is 3.01. The Morgan fingerprint density at radius 2 is 1.36 bits per heavy atom. The number of hydrogen-bond acceptors (Lipinski definition) is 2. The molecule has 1 aromatic heterocycles. The fraction of sp³-hybridized carbons (Fsp3) is 0. The van der Waals surface area contributed by atoms with E-state index >= 15 is 0 Å². The van der Waals surface area contributed by atoms with Gasteiger partial charge in [0, 0.05) is 0 Å². The summed E-state index contributed by atoms with van der Waals surface area (Å²) in [4.78, 5) is 3.81. The summed E-state index contributed by atoms with van der Waals surface area (Å²) in [6.45, 7) is 0. The molecule has 74 valence electrons. The largest absolute Gasteiger partial charge is 0.426 e. The van der Waals surface area contributed by atoms with Crippen LogP contribution in [0.2, 0.25) is 25.4 Å². The predicted molar refractivity (Wildman–Crippen MR) is 59.1 cm³/mol. The number of oxazole rings is 1. The van der Waals surface area contributed by atoms with Gasteiger partial charge in [-0.05, 0) is 11.6 Å². The smallest absolute Gasteiger partial charge is 0.293 e. The first kappa shape index (κ1) is 10.7. The minimum atomic E-state index is -0.0675. The molecule has 0 fully saturated rings. The van der Waals surface area contributed by atoms with Crippen LogP contribution in [-0.2, 0) is 0 Å². The number of hydrogen-bond donors (Lipinski definition) is 0. The van der Waals surface area contributed by atoms with Crippen molar-refractivity contribution >= 4 is 69.1 Å². The van der Waals surface area contributed by atoms with E-state index in [0.717, 1.165) is 0 Å². The molecule has 1 heterocycles. The highest BCUT2D eigenvalue weighted by Crippen LogP contribution is 2.43. The van der Waals surface area contributed by atoms with Crippen molar-refractivity contribution in [3.8, 4) is 0 Å². The Bertz CT molecular complexity index is 476. The molecule has 0 bridgehead atoms. The fourth-order valence-corrected chi connectivity index (χ4v) is 2.06. The van der Waals surface area contributed by atoms with Gasteiger partial charge in [0.2, 0.25) is 0 Å². The highest BCUT2D eigenvalue weighted by Gasteiger charge is 2.19. The molecule has 7 heteroatoms. The van der Waals surface area contributed by atoms with Crippen LogP contribution in [0.5, 0.6) is 0 Å². The van der Waals surface area contributed by atoms with E-state index in [2.05, 4.69) is 4.98 Å². The molecule has 0 amide bonds. The quantitative estimate of drug-likeness (QED) is 0.499. The van der Waals surface area contributed by atoms with Crippen LogP contribution in [-0.4, -0.2) is 4.98 Å². The lowest BCUT2D eigenvalue weighted by atomic mass is 10.3. The molecule has 0 saturated heterocycles. The van der Waals surface area contributed by atoms with Gasteiger partial charge in [-0.3, -0.25) is 0 Å². The summed E-state index contributed by atoms with van der Waals surface area (Å²) in [5.74, 6) is 0. The molecule has 0 spiro atoms. The summed E-state index contributed by atoms with van der Waals surface area (Å²) in [5.41, 5.74) is 0.534. The van der Waals surface area contributed by atoms with Gasteiger partial charge in [-0.2, -0.15) is 4.98 Å². The second-order valence-corrected chi connectivity index (χ2v) is 4.24. The summed E-state index contributed by atoms with van der Waals surface area (Å²) < 4.78 is 5.01. The van der Waals surface area contributed by atoms with Crippen LogP contribution in [0.4, 0.5) is 0 Å². The number of halogens is 5. The van der Waals surface area contributed by atoms with Gasteiger partial charge in [0.05, 0.1) is 15.1 Å². The second-order valence-electron chi connectivity index (χ2n) is 2.40. The van der Waals surface area contributed by atoms with Crippen molar-refractivity contribution in [2.75, 3.05) is 0 Å². The minimum Gasteiger partial charge on any atom is -0.426 e. The molecule has 14 heavy (non-hydrogen) atoms. The molecular formula is C7Cl5NO. The Hall–Kier alpha value is 0.140. The molecule has 0 radical (unpaired) electrons. The van der Waals surface area contributed by atoms with Gasteiger partial charge in [-0.25, -0.2) is 0 Å². The van der Waals surface area contributed by atoms with Crippen molar-refractivity contribution in [2.45, 2.75) is 0 Å². The lowest BCUT2D eigenvalue weighted by Crippen LogP contribution is -1.78. The van der Waals surface area contributed by atoms with Crippen molar-refractivity contribution in [1.82, 2.24) is 4.98 Å². The number of fused-ring (bicyclic) bond motifs is 1. The maximum atomic E-state index is 5.86. The summed E-state index contributed by atoms with van der Waals surface area (Å²) in [7, 11) is 0. The van der Waals surface area contributed by atoms with Crippen molar-refractivity contribution in [1.29, 1.82) is 0 Å². The normalized spacial score (nSPS) is 11.2. The van der Waals surface area contributed by atoms with Crippen LogP contribution in [0, 0.1) is 0 Å². The van der Waals surface area contributed by atoms with E-state index in [1.807, 2.05) is 0 Å². The van der Waals surface area contributed by atoms with Crippen molar-refractivity contribution in [2.24, 2.45) is 0 Å². The van der Waals surface area contributed by atoms with Crippen molar-refractivity contribution in [3.05, 3.63) is 25.4 Å². The van der Waals surface area contributed by atoms with E-state index in [0.29, 0.717) is 5.52 Å². The zero-order valence-corrected chi connectivity index (χ0v) is 10.0. The molecule has 2 aromatic rings. The third-order valence-electron chi connectivity index (χ3n) is 1.59. The standard InChI is InChI=1S/C7Cl5NO/c8-1-2(9)4(11)6-5(3(1)10)13-7(12)14-6. The molecule has 2 nitrogen and oxygen atoms in total. The number of rotatable bonds is 0. The number of nitrogens with zero attached hydrogens (tertiary/aromatic N) is 1. The maximum absolute atomic E-state index is 5.86. The van der Waals surface area contributed by atoms with Gasteiger partial charge >= 0.3 is 0 Å². The zero-order valence-electron chi connectivity index (χ0n) is 6.25. The number of benzene rings is 1. The van der Waals surface area contributed by atoms with E-state index in [1.165, 1.54) is 0 Å². The summed E-state index contributed by atoms with van der Waals surface area (Å²) in [5, 5.41) is 0.513. The SMILES string of the molecule is Clc1nc2c(Cl)c(Cl)c(Cl)c(Cl)c2o1. The van der Waals surface area contributed by atoms with Crippen LogP contribution in [0.3, 0.4) is 0 Å². The van der Waals surface area contributed by atoms with Gasteiger partial charge in [-0.1, -0.05) is 46.4 Å². The third-order valence-corrected chi connectivity index (χ3v) is 3.52. The molecule has 0 aliphatic rings. The first-order valence-electron chi connectivity index (χ1n) is 3.30. The molecule has 2 rings (SSSR count). The van der Waals surface area contributed by atoms with Crippen LogP contribution in [0.1, 0.15) is 0 Å². The average molecular weight is 291 g/mol. The molecule has 0 aliphatic carbocycles. The van der Waals surface area contributed by atoms with Crippen LogP contribution >= 0.6 is 58.0 Å². The third kappa shape index (κ3) is 1.46. The summed E-state index contributed by atoms with van der Waals surface area (Å²) >= 11 is 28.9.